The number of aryl methyl sites for hydroxylation is 1. The number of furan rings is 1. The predicted octanol–water partition coefficient (Wildman–Crippen LogP) is 1.98. The first-order valence-electron chi connectivity index (χ1n) is 7.49. The molecule has 2 aromatic heterocycles. The lowest BCUT2D eigenvalue weighted by molar-refractivity contribution is -0.129. The summed E-state index contributed by atoms with van der Waals surface area (Å²) >= 11 is 0. The summed E-state index contributed by atoms with van der Waals surface area (Å²) in [5, 5.41) is 7.49. The summed E-state index contributed by atoms with van der Waals surface area (Å²) < 4.78 is 7.38. The van der Waals surface area contributed by atoms with E-state index >= 15 is 0 Å². The molecule has 0 radical (unpaired) electrons. The van der Waals surface area contributed by atoms with Crippen LogP contribution < -0.4 is 5.32 Å². The molecule has 2 atom stereocenters. The van der Waals surface area contributed by atoms with Crippen molar-refractivity contribution in [2.45, 2.75) is 39.4 Å². The molecular weight excluding hydrogens is 280 g/mol. The summed E-state index contributed by atoms with van der Waals surface area (Å²) in [5.41, 5.74) is 0. The van der Waals surface area contributed by atoms with Crippen molar-refractivity contribution in [3.63, 3.8) is 0 Å². The van der Waals surface area contributed by atoms with E-state index in [1.54, 1.807) is 18.1 Å². The maximum absolute atomic E-state index is 12.2. The molecule has 1 amide bonds. The minimum absolute atomic E-state index is 0.0357. The number of likely N-dealkylation sites (N-methyl/N-ethyl adjacent to an activating group) is 1. The van der Waals surface area contributed by atoms with Crippen LogP contribution in [0.15, 0.2) is 35.0 Å². The molecule has 2 unspecified atom stereocenters. The molecule has 0 fully saturated rings. The van der Waals surface area contributed by atoms with Gasteiger partial charge in [0.25, 0.3) is 0 Å². The molecule has 6 heteroatoms. The standard InChI is InChI=1S/C16H24N4O2/c1-12-6-7-15(22-12)11-19(4)16(21)10-17-13(2)14(3)20-9-5-8-18-20/h5-9,13-14,17H,10-11H2,1-4H3. The van der Waals surface area contributed by atoms with E-state index in [2.05, 4.69) is 24.3 Å². The summed E-state index contributed by atoms with van der Waals surface area (Å²) in [6, 6.07) is 6.02. The second kappa shape index (κ2) is 7.26. The third kappa shape index (κ3) is 4.21. The van der Waals surface area contributed by atoms with Crippen molar-refractivity contribution in [3.05, 3.63) is 42.1 Å². The Morgan fingerprint density at radius 1 is 1.45 bits per heavy atom. The van der Waals surface area contributed by atoms with Crippen LogP contribution in [-0.2, 0) is 11.3 Å². The van der Waals surface area contributed by atoms with Gasteiger partial charge in [-0.05, 0) is 39.0 Å². The van der Waals surface area contributed by atoms with Crippen LogP contribution in [0.2, 0.25) is 0 Å². The van der Waals surface area contributed by atoms with Gasteiger partial charge in [0.15, 0.2) is 0 Å². The molecule has 22 heavy (non-hydrogen) atoms. The number of carbonyl (C=O) groups excluding carboxylic acids is 1. The van der Waals surface area contributed by atoms with Gasteiger partial charge in [0.05, 0.1) is 19.1 Å². The minimum atomic E-state index is 0.0357. The highest BCUT2D eigenvalue weighted by molar-refractivity contribution is 5.77. The summed E-state index contributed by atoms with van der Waals surface area (Å²) in [6.45, 7) is 6.80. The fourth-order valence-corrected chi connectivity index (χ4v) is 2.20. The second-order valence-electron chi connectivity index (χ2n) is 5.66. The smallest absolute Gasteiger partial charge is 0.236 e. The molecular formula is C16H24N4O2. The Labute approximate surface area is 131 Å². The molecule has 0 aliphatic carbocycles. The number of hydrogen-bond donors (Lipinski definition) is 1. The fourth-order valence-electron chi connectivity index (χ4n) is 2.20. The summed E-state index contributed by atoms with van der Waals surface area (Å²) in [5.74, 6) is 1.69. The molecule has 1 N–H and O–H groups in total. The van der Waals surface area contributed by atoms with Crippen molar-refractivity contribution in [3.8, 4) is 0 Å². The van der Waals surface area contributed by atoms with Crippen molar-refractivity contribution >= 4 is 5.91 Å². The molecule has 0 spiro atoms. The Hall–Kier alpha value is -2.08. The highest BCUT2D eigenvalue weighted by Gasteiger charge is 2.17. The Balaban J connectivity index is 1.79. The van der Waals surface area contributed by atoms with Crippen LogP contribution in [0.25, 0.3) is 0 Å². The van der Waals surface area contributed by atoms with Crippen LogP contribution in [0.1, 0.15) is 31.4 Å². The first-order chi connectivity index (χ1) is 10.5. The Morgan fingerprint density at radius 2 is 2.23 bits per heavy atom. The molecule has 2 rings (SSSR count). The number of carbonyl (C=O) groups is 1. The van der Waals surface area contributed by atoms with E-state index in [4.69, 9.17) is 4.42 Å². The second-order valence-corrected chi connectivity index (χ2v) is 5.66. The van der Waals surface area contributed by atoms with Crippen LogP contribution >= 0.6 is 0 Å². The van der Waals surface area contributed by atoms with Gasteiger partial charge in [-0.25, -0.2) is 0 Å². The Kier molecular flexibility index (Phi) is 5.38. The average Bonchev–Trinajstić information content (AvgIpc) is 3.15. The molecule has 6 nitrogen and oxygen atoms in total. The van der Waals surface area contributed by atoms with Gasteiger partial charge in [0, 0.05) is 25.5 Å². The average molecular weight is 304 g/mol. The monoisotopic (exact) mass is 304 g/mol. The molecule has 2 heterocycles. The van der Waals surface area contributed by atoms with Gasteiger partial charge >= 0.3 is 0 Å². The minimum Gasteiger partial charge on any atom is -0.464 e. The number of hydrogen-bond acceptors (Lipinski definition) is 4. The maximum Gasteiger partial charge on any atom is 0.236 e. The van der Waals surface area contributed by atoms with Crippen molar-refractivity contribution in [1.82, 2.24) is 20.0 Å². The molecule has 120 valence electrons. The fraction of sp³-hybridized carbons (Fsp3) is 0.500. The summed E-state index contributed by atoms with van der Waals surface area (Å²) in [6.07, 6.45) is 3.68. The van der Waals surface area contributed by atoms with Gasteiger partial charge < -0.3 is 14.6 Å². The van der Waals surface area contributed by atoms with Gasteiger partial charge in [-0.15, -0.1) is 0 Å². The first-order valence-corrected chi connectivity index (χ1v) is 7.49. The number of amides is 1. The molecule has 0 aliphatic heterocycles. The van der Waals surface area contributed by atoms with E-state index in [-0.39, 0.29) is 18.0 Å². The maximum atomic E-state index is 12.2. The number of nitrogens with one attached hydrogen (secondary N) is 1. The first kappa shape index (κ1) is 16.3. The van der Waals surface area contributed by atoms with E-state index in [0.29, 0.717) is 13.1 Å². The lowest BCUT2D eigenvalue weighted by Gasteiger charge is -2.23. The number of rotatable bonds is 7. The van der Waals surface area contributed by atoms with Crippen LogP contribution in [0, 0.1) is 6.92 Å². The topological polar surface area (TPSA) is 63.3 Å². The van der Waals surface area contributed by atoms with Gasteiger partial charge in [-0.2, -0.15) is 5.10 Å². The van der Waals surface area contributed by atoms with E-state index in [0.717, 1.165) is 11.5 Å². The van der Waals surface area contributed by atoms with E-state index < -0.39 is 0 Å². The Bertz CT molecular complexity index is 591. The van der Waals surface area contributed by atoms with Crippen molar-refractivity contribution < 1.29 is 9.21 Å². The van der Waals surface area contributed by atoms with Crippen LogP contribution in [0.5, 0.6) is 0 Å². The predicted molar refractivity (Wildman–Crippen MR) is 84.3 cm³/mol. The lowest BCUT2D eigenvalue weighted by Crippen LogP contribution is -2.41. The van der Waals surface area contributed by atoms with E-state index in [1.807, 2.05) is 36.0 Å². The van der Waals surface area contributed by atoms with E-state index in [9.17, 15) is 4.79 Å². The largest absolute Gasteiger partial charge is 0.464 e. The van der Waals surface area contributed by atoms with Crippen molar-refractivity contribution in [2.24, 2.45) is 0 Å². The number of aromatic nitrogens is 2. The van der Waals surface area contributed by atoms with Crippen LogP contribution in [0.3, 0.4) is 0 Å². The zero-order valence-corrected chi connectivity index (χ0v) is 13.6. The van der Waals surface area contributed by atoms with Crippen LogP contribution in [-0.4, -0.2) is 40.2 Å². The van der Waals surface area contributed by atoms with E-state index in [1.165, 1.54) is 0 Å². The third-order valence-corrected chi connectivity index (χ3v) is 3.86. The highest BCUT2D eigenvalue weighted by atomic mass is 16.3. The van der Waals surface area contributed by atoms with Crippen molar-refractivity contribution in [2.75, 3.05) is 13.6 Å². The van der Waals surface area contributed by atoms with Gasteiger partial charge in [-0.1, -0.05) is 0 Å². The molecule has 0 bridgehead atoms. The zero-order chi connectivity index (χ0) is 16.1. The SMILES string of the molecule is Cc1ccc(CN(C)C(=O)CNC(C)C(C)n2cccn2)o1. The molecule has 0 saturated heterocycles. The lowest BCUT2D eigenvalue weighted by atomic mass is 10.2. The van der Waals surface area contributed by atoms with Crippen LogP contribution in [0.4, 0.5) is 0 Å². The zero-order valence-electron chi connectivity index (χ0n) is 13.6. The normalized spacial score (nSPS) is 13.8. The van der Waals surface area contributed by atoms with Crippen molar-refractivity contribution in [1.29, 1.82) is 0 Å². The number of nitrogens with zero attached hydrogens (tertiary/aromatic N) is 3. The van der Waals surface area contributed by atoms with Gasteiger partial charge in [0.2, 0.25) is 5.91 Å². The highest BCUT2D eigenvalue weighted by Crippen LogP contribution is 2.10. The molecule has 0 aliphatic rings. The van der Waals surface area contributed by atoms with Gasteiger partial charge in [0.1, 0.15) is 11.5 Å². The molecule has 0 aromatic carbocycles. The summed E-state index contributed by atoms with van der Waals surface area (Å²) in [4.78, 5) is 13.8. The van der Waals surface area contributed by atoms with Gasteiger partial charge in [-0.3, -0.25) is 9.48 Å². The third-order valence-electron chi connectivity index (χ3n) is 3.86. The summed E-state index contributed by atoms with van der Waals surface area (Å²) in [7, 11) is 1.78. The quantitative estimate of drug-likeness (QED) is 0.849. The Morgan fingerprint density at radius 3 is 2.82 bits per heavy atom. The molecule has 2 aromatic rings. The molecule has 0 saturated carbocycles.